The highest BCUT2D eigenvalue weighted by Crippen LogP contribution is 2.21. The van der Waals surface area contributed by atoms with Crippen LogP contribution in [0, 0.1) is 0 Å². The van der Waals surface area contributed by atoms with E-state index in [1.54, 1.807) is 18.2 Å². The van der Waals surface area contributed by atoms with Crippen LogP contribution in [-0.4, -0.2) is 12.5 Å². The third-order valence-electron chi connectivity index (χ3n) is 3.34. The number of carbonyl (C=O) groups is 1. The fourth-order valence-corrected chi connectivity index (χ4v) is 2.54. The quantitative estimate of drug-likeness (QED) is 0.865. The van der Waals surface area contributed by atoms with Gasteiger partial charge < -0.3 is 5.32 Å². The van der Waals surface area contributed by atoms with Gasteiger partial charge in [-0.25, -0.2) is 0 Å². The number of amides is 1. The number of nitrogens with one attached hydrogen (secondary N) is 1. The van der Waals surface area contributed by atoms with Crippen molar-refractivity contribution >= 4 is 29.1 Å². The van der Waals surface area contributed by atoms with Gasteiger partial charge in [0.15, 0.2) is 0 Å². The van der Waals surface area contributed by atoms with Crippen LogP contribution in [-0.2, 0) is 11.2 Å². The number of hydrogen-bond acceptors (Lipinski definition) is 1. The minimum atomic E-state index is -0.0398. The molecule has 0 saturated heterocycles. The summed E-state index contributed by atoms with van der Waals surface area (Å²) < 4.78 is 0. The Labute approximate surface area is 135 Å². The molecule has 0 aliphatic heterocycles. The molecule has 0 fully saturated rings. The van der Waals surface area contributed by atoms with Crippen molar-refractivity contribution in [3.8, 4) is 0 Å². The Morgan fingerprint density at radius 1 is 1.14 bits per heavy atom. The maximum absolute atomic E-state index is 12.0. The summed E-state index contributed by atoms with van der Waals surface area (Å²) in [6.45, 7) is 2.69. The standard InChI is InChI=1S/C17H17Cl2NO/c1-12(13-5-3-2-4-6-13)11-20-17(21)9-14-7-8-15(18)10-16(14)19/h2-8,10,12H,9,11H2,1H3,(H,20,21). The monoisotopic (exact) mass is 321 g/mol. The second kappa shape index (κ2) is 7.48. The second-order valence-electron chi connectivity index (χ2n) is 5.03. The van der Waals surface area contributed by atoms with Crippen LogP contribution >= 0.6 is 23.2 Å². The highest BCUT2D eigenvalue weighted by Gasteiger charge is 2.10. The zero-order valence-electron chi connectivity index (χ0n) is 11.8. The van der Waals surface area contributed by atoms with Crippen LogP contribution in [0.25, 0.3) is 0 Å². The summed E-state index contributed by atoms with van der Waals surface area (Å²) in [7, 11) is 0. The van der Waals surface area contributed by atoms with Crippen LogP contribution < -0.4 is 5.32 Å². The summed E-state index contributed by atoms with van der Waals surface area (Å²) in [5.41, 5.74) is 1.99. The average Bonchev–Trinajstić information content (AvgIpc) is 2.48. The Hall–Kier alpha value is -1.51. The van der Waals surface area contributed by atoms with Crippen molar-refractivity contribution in [2.75, 3.05) is 6.54 Å². The van der Waals surface area contributed by atoms with Gasteiger partial charge in [-0.05, 0) is 29.2 Å². The third-order valence-corrected chi connectivity index (χ3v) is 3.93. The Kier molecular flexibility index (Phi) is 5.66. The van der Waals surface area contributed by atoms with Crippen molar-refractivity contribution in [2.24, 2.45) is 0 Å². The Bertz CT molecular complexity index is 613. The molecule has 110 valence electrons. The van der Waals surface area contributed by atoms with Crippen LogP contribution in [0.4, 0.5) is 0 Å². The molecule has 0 aromatic heterocycles. The summed E-state index contributed by atoms with van der Waals surface area (Å²) >= 11 is 11.9. The molecule has 0 spiro atoms. The van der Waals surface area contributed by atoms with E-state index in [9.17, 15) is 4.79 Å². The predicted octanol–water partition coefficient (Wildman–Crippen LogP) is 4.46. The predicted molar refractivity (Wildman–Crippen MR) is 88.0 cm³/mol. The zero-order chi connectivity index (χ0) is 15.2. The van der Waals surface area contributed by atoms with E-state index in [0.717, 1.165) is 5.56 Å². The van der Waals surface area contributed by atoms with Crippen molar-refractivity contribution in [1.82, 2.24) is 5.32 Å². The minimum Gasteiger partial charge on any atom is -0.355 e. The van der Waals surface area contributed by atoms with E-state index in [1.807, 2.05) is 18.2 Å². The lowest BCUT2D eigenvalue weighted by Crippen LogP contribution is -2.28. The summed E-state index contributed by atoms with van der Waals surface area (Å²) in [4.78, 5) is 12.0. The van der Waals surface area contributed by atoms with Gasteiger partial charge in [-0.2, -0.15) is 0 Å². The van der Waals surface area contributed by atoms with E-state index < -0.39 is 0 Å². The highest BCUT2D eigenvalue weighted by molar-refractivity contribution is 6.35. The maximum atomic E-state index is 12.0. The molecular formula is C17H17Cl2NO. The molecule has 1 amide bonds. The molecule has 2 nitrogen and oxygen atoms in total. The van der Waals surface area contributed by atoms with E-state index in [4.69, 9.17) is 23.2 Å². The first-order chi connectivity index (χ1) is 10.1. The third kappa shape index (κ3) is 4.76. The van der Waals surface area contributed by atoms with Crippen LogP contribution in [0.5, 0.6) is 0 Å². The van der Waals surface area contributed by atoms with Crippen LogP contribution in [0.2, 0.25) is 10.0 Å². The Balaban J connectivity index is 1.87. The van der Waals surface area contributed by atoms with E-state index in [0.29, 0.717) is 16.6 Å². The fraction of sp³-hybridized carbons (Fsp3) is 0.235. The highest BCUT2D eigenvalue weighted by atomic mass is 35.5. The number of halogens is 2. The van der Waals surface area contributed by atoms with E-state index in [2.05, 4.69) is 24.4 Å². The lowest BCUT2D eigenvalue weighted by molar-refractivity contribution is -0.120. The maximum Gasteiger partial charge on any atom is 0.224 e. The summed E-state index contributed by atoms with van der Waals surface area (Å²) in [6, 6.07) is 15.3. The molecule has 2 aromatic rings. The average molecular weight is 322 g/mol. The number of hydrogen-bond donors (Lipinski definition) is 1. The van der Waals surface area contributed by atoms with E-state index in [1.165, 1.54) is 5.56 Å². The molecule has 2 rings (SSSR count). The van der Waals surface area contributed by atoms with Gasteiger partial charge in [0.05, 0.1) is 6.42 Å². The van der Waals surface area contributed by atoms with Gasteiger partial charge in [0, 0.05) is 16.6 Å². The summed E-state index contributed by atoms with van der Waals surface area (Å²) in [5.74, 6) is 0.234. The van der Waals surface area contributed by atoms with Gasteiger partial charge >= 0.3 is 0 Å². The molecule has 0 heterocycles. The first kappa shape index (κ1) is 15.9. The molecule has 0 aliphatic carbocycles. The lowest BCUT2D eigenvalue weighted by atomic mass is 10.0. The SMILES string of the molecule is CC(CNC(=O)Cc1ccc(Cl)cc1Cl)c1ccccc1. The smallest absolute Gasteiger partial charge is 0.224 e. The molecular weight excluding hydrogens is 305 g/mol. The molecule has 21 heavy (non-hydrogen) atoms. The van der Waals surface area contributed by atoms with Crippen molar-refractivity contribution < 1.29 is 4.79 Å². The first-order valence-electron chi connectivity index (χ1n) is 6.82. The number of rotatable bonds is 5. The van der Waals surface area contributed by atoms with Gasteiger partial charge in [-0.3, -0.25) is 4.79 Å². The van der Waals surface area contributed by atoms with Gasteiger partial charge in [0.25, 0.3) is 0 Å². The van der Waals surface area contributed by atoms with Gasteiger partial charge in [-0.1, -0.05) is 66.5 Å². The molecule has 2 aromatic carbocycles. The molecule has 4 heteroatoms. The molecule has 0 bridgehead atoms. The van der Waals surface area contributed by atoms with Crippen molar-refractivity contribution in [3.63, 3.8) is 0 Å². The zero-order valence-corrected chi connectivity index (χ0v) is 13.3. The molecule has 0 aliphatic rings. The molecule has 1 atom stereocenters. The second-order valence-corrected chi connectivity index (χ2v) is 5.87. The van der Waals surface area contributed by atoms with Crippen molar-refractivity contribution in [3.05, 3.63) is 69.7 Å². The fourth-order valence-electron chi connectivity index (χ4n) is 2.07. The molecule has 0 saturated carbocycles. The van der Waals surface area contributed by atoms with E-state index in [-0.39, 0.29) is 18.2 Å². The van der Waals surface area contributed by atoms with E-state index >= 15 is 0 Å². The van der Waals surface area contributed by atoms with Crippen molar-refractivity contribution in [2.45, 2.75) is 19.3 Å². The first-order valence-corrected chi connectivity index (χ1v) is 7.57. The number of carbonyl (C=O) groups excluding carboxylic acids is 1. The molecule has 0 radical (unpaired) electrons. The van der Waals surface area contributed by atoms with Crippen LogP contribution in [0.15, 0.2) is 48.5 Å². The molecule has 1 N–H and O–H groups in total. The van der Waals surface area contributed by atoms with Crippen LogP contribution in [0.1, 0.15) is 24.0 Å². The van der Waals surface area contributed by atoms with Gasteiger partial charge in [-0.15, -0.1) is 0 Å². The van der Waals surface area contributed by atoms with Gasteiger partial charge in [0.1, 0.15) is 0 Å². The lowest BCUT2D eigenvalue weighted by Gasteiger charge is -2.13. The molecule has 1 unspecified atom stereocenters. The Morgan fingerprint density at radius 2 is 1.86 bits per heavy atom. The largest absolute Gasteiger partial charge is 0.355 e. The Morgan fingerprint density at radius 3 is 2.52 bits per heavy atom. The normalized spacial score (nSPS) is 12.0. The van der Waals surface area contributed by atoms with Crippen LogP contribution in [0.3, 0.4) is 0 Å². The summed E-state index contributed by atoms with van der Waals surface area (Å²) in [5, 5.41) is 4.03. The topological polar surface area (TPSA) is 29.1 Å². The summed E-state index contributed by atoms with van der Waals surface area (Å²) in [6.07, 6.45) is 0.261. The van der Waals surface area contributed by atoms with Crippen molar-refractivity contribution in [1.29, 1.82) is 0 Å². The minimum absolute atomic E-state index is 0.0398. The van der Waals surface area contributed by atoms with Gasteiger partial charge in [0.2, 0.25) is 5.91 Å². The number of benzene rings is 2.